The van der Waals surface area contributed by atoms with E-state index >= 15 is 0 Å². The molecule has 0 aliphatic heterocycles. The van der Waals surface area contributed by atoms with Gasteiger partial charge in [0.1, 0.15) is 0 Å². The molecular weight excluding hydrogens is 312 g/mol. The molecule has 7 heteroatoms. The average Bonchev–Trinajstić information content (AvgIpc) is 2.55. The van der Waals surface area contributed by atoms with Gasteiger partial charge in [0, 0.05) is 17.8 Å². The van der Waals surface area contributed by atoms with Crippen LogP contribution in [0.5, 0.6) is 0 Å². The molecule has 0 fully saturated rings. The average molecular weight is 328 g/mol. The number of hydrogen-bond acceptors (Lipinski definition) is 5. The van der Waals surface area contributed by atoms with Crippen molar-refractivity contribution in [3.05, 3.63) is 69.8 Å². The number of nitro groups is 1. The van der Waals surface area contributed by atoms with Crippen molar-refractivity contribution in [2.45, 2.75) is 20.0 Å². The molecule has 1 atom stereocenters. The molecule has 24 heavy (non-hydrogen) atoms. The highest BCUT2D eigenvalue weighted by molar-refractivity contribution is 5.97. The quantitative estimate of drug-likeness (QED) is 0.516. The van der Waals surface area contributed by atoms with Gasteiger partial charge in [0.2, 0.25) is 0 Å². The van der Waals surface area contributed by atoms with Crippen LogP contribution in [-0.4, -0.2) is 22.9 Å². The number of hydrogen-bond donors (Lipinski definition) is 1. The molecule has 0 saturated heterocycles. The summed E-state index contributed by atoms with van der Waals surface area (Å²) in [5.41, 5.74) is 0.957. The number of non-ortho nitro benzene ring substituents is 1. The van der Waals surface area contributed by atoms with Crippen molar-refractivity contribution in [2.24, 2.45) is 0 Å². The number of carbonyl (C=O) groups is 2. The topological polar surface area (TPSA) is 98.5 Å². The van der Waals surface area contributed by atoms with Gasteiger partial charge in [-0.1, -0.05) is 18.2 Å². The lowest BCUT2D eigenvalue weighted by molar-refractivity contribution is -0.384. The first-order valence-corrected chi connectivity index (χ1v) is 7.20. The van der Waals surface area contributed by atoms with E-state index in [1.807, 2.05) is 6.07 Å². The zero-order chi connectivity index (χ0) is 17.7. The van der Waals surface area contributed by atoms with Gasteiger partial charge in [0.05, 0.1) is 10.5 Å². The number of aryl methyl sites for hydroxylation is 1. The summed E-state index contributed by atoms with van der Waals surface area (Å²) in [6, 6.07) is 12.7. The molecule has 0 aliphatic rings. The molecule has 2 aromatic carbocycles. The van der Waals surface area contributed by atoms with E-state index in [9.17, 15) is 19.7 Å². The van der Waals surface area contributed by atoms with E-state index in [4.69, 9.17) is 4.74 Å². The molecule has 2 rings (SSSR count). The van der Waals surface area contributed by atoms with E-state index in [1.54, 1.807) is 31.2 Å². The van der Waals surface area contributed by atoms with Gasteiger partial charge in [-0.3, -0.25) is 14.9 Å². The van der Waals surface area contributed by atoms with Crippen LogP contribution in [0.3, 0.4) is 0 Å². The Morgan fingerprint density at radius 2 is 1.83 bits per heavy atom. The van der Waals surface area contributed by atoms with Crippen LogP contribution in [-0.2, 0) is 9.53 Å². The number of carbonyl (C=O) groups excluding carboxylic acids is 2. The van der Waals surface area contributed by atoms with Crippen molar-refractivity contribution < 1.29 is 19.2 Å². The molecule has 0 spiro atoms. The number of para-hydroxylation sites is 1. The third-order valence-electron chi connectivity index (χ3n) is 3.20. The summed E-state index contributed by atoms with van der Waals surface area (Å²) >= 11 is 0. The molecule has 0 aliphatic carbocycles. The summed E-state index contributed by atoms with van der Waals surface area (Å²) in [4.78, 5) is 34.4. The fraction of sp³-hybridized carbons (Fsp3) is 0.176. The van der Waals surface area contributed by atoms with Crippen molar-refractivity contribution >= 4 is 23.3 Å². The zero-order valence-corrected chi connectivity index (χ0v) is 13.2. The molecule has 0 aromatic heterocycles. The Bertz CT molecular complexity index is 774. The first-order chi connectivity index (χ1) is 11.4. The van der Waals surface area contributed by atoms with Crippen LogP contribution in [0.2, 0.25) is 0 Å². The minimum atomic E-state index is -1.04. The second kappa shape index (κ2) is 7.36. The number of anilines is 1. The lowest BCUT2D eigenvalue weighted by Gasteiger charge is -2.13. The molecule has 2 aromatic rings. The lowest BCUT2D eigenvalue weighted by Crippen LogP contribution is -2.30. The SMILES string of the molecule is Cc1cc(C(=O)OC(C)C(=O)Nc2ccccc2)cc([N+](=O)[O-])c1. The standard InChI is InChI=1S/C17H16N2O5/c1-11-8-13(10-15(9-11)19(22)23)17(21)24-12(2)16(20)18-14-6-4-3-5-7-14/h3-10,12H,1-2H3,(H,18,20). The molecular formula is C17H16N2O5. The third kappa shape index (κ3) is 4.39. The first kappa shape index (κ1) is 17.1. The van der Waals surface area contributed by atoms with Gasteiger partial charge in [0.25, 0.3) is 11.6 Å². The van der Waals surface area contributed by atoms with Gasteiger partial charge in [-0.2, -0.15) is 0 Å². The molecule has 0 saturated carbocycles. The summed E-state index contributed by atoms with van der Waals surface area (Å²) in [5, 5.41) is 13.5. The normalized spacial score (nSPS) is 11.4. The Hall–Kier alpha value is -3.22. The molecule has 0 bridgehead atoms. The Kier molecular flexibility index (Phi) is 5.26. The fourth-order valence-corrected chi connectivity index (χ4v) is 2.03. The van der Waals surface area contributed by atoms with Crippen molar-refractivity contribution in [3.63, 3.8) is 0 Å². The Labute approximate surface area is 138 Å². The predicted octanol–water partition coefficient (Wildman–Crippen LogP) is 3.09. The third-order valence-corrected chi connectivity index (χ3v) is 3.20. The monoisotopic (exact) mass is 328 g/mol. The highest BCUT2D eigenvalue weighted by Gasteiger charge is 2.21. The van der Waals surface area contributed by atoms with Gasteiger partial charge in [-0.05, 0) is 37.6 Å². The number of nitrogens with zero attached hydrogens (tertiary/aromatic N) is 1. The largest absolute Gasteiger partial charge is 0.449 e. The van der Waals surface area contributed by atoms with Crippen molar-refractivity contribution in [3.8, 4) is 0 Å². The van der Waals surface area contributed by atoms with Crippen LogP contribution in [0.25, 0.3) is 0 Å². The smallest absolute Gasteiger partial charge is 0.339 e. The number of nitrogens with one attached hydrogen (secondary N) is 1. The highest BCUT2D eigenvalue weighted by Crippen LogP contribution is 2.18. The molecule has 0 radical (unpaired) electrons. The van der Waals surface area contributed by atoms with E-state index in [-0.39, 0.29) is 11.3 Å². The molecule has 124 valence electrons. The van der Waals surface area contributed by atoms with Gasteiger partial charge < -0.3 is 10.1 Å². The minimum absolute atomic E-state index is 0.0288. The summed E-state index contributed by atoms with van der Waals surface area (Å²) < 4.78 is 5.09. The maximum Gasteiger partial charge on any atom is 0.339 e. The minimum Gasteiger partial charge on any atom is -0.449 e. The molecule has 0 heterocycles. The van der Waals surface area contributed by atoms with E-state index < -0.39 is 22.9 Å². The highest BCUT2D eigenvalue weighted by atomic mass is 16.6. The van der Waals surface area contributed by atoms with Crippen LogP contribution >= 0.6 is 0 Å². The van der Waals surface area contributed by atoms with Crippen LogP contribution in [0.4, 0.5) is 11.4 Å². The van der Waals surface area contributed by atoms with E-state index in [1.165, 1.54) is 19.1 Å². The van der Waals surface area contributed by atoms with Gasteiger partial charge in [0.15, 0.2) is 6.10 Å². The number of amides is 1. The molecule has 1 unspecified atom stereocenters. The summed E-state index contributed by atoms with van der Waals surface area (Å²) in [6.45, 7) is 3.07. The summed E-state index contributed by atoms with van der Waals surface area (Å²) in [6.07, 6.45) is -1.04. The van der Waals surface area contributed by atoms with Crippen molar-refractivity contribution in [2.75, 3.05) is 5.32 Å². The fourth-order valence-electron chi connectivity index (χ4n) is 2.03. The summed E-state index contributed by atoms with van der Waals surface area (Å²) in [5.74, 6) is -1.28. The number of nitro benzene ring substituents is 1. The van der Waals surface area contributed by atoms with E-state index in [0.717, 1.165) is 6.07 Å². The van der Waals surface area contributed by atoms with Gasteiger partial charge in [-0.15, -0.1) is 0 Å². The Balaban J connectivity index is 2.06. The van der Waals surface area contributed by atoms with Gasteiger partial charge >= 0.3 is 5.97 Å². The van der Waals surface area contributed by atoms with Crippen LogP contribution in [0, 0.1) is 17.0 Å². The number of ether oxygens (including phenoxy) is 1. The molecule has 7 nitrogen and oxygen atoms in total. The predicted molar refractivity (Wildman–Crippen MR) is 87.8 cm³/mol. The Morgan fingerprint density at radius 3 is 2.46 bits per heavy atom. The van der Waals surface area contributed by atoms with Crippen LogP contribution < -0.4 is 5.32 Å². The number of esters is 1. The number of rotatable bonds is 5. The lowest BCUT2D eigenvalue weighted by atomic mass is 10.1. The number of benzene rings is 2. The maximum absolute atomic E-state index is 12.1. The van der Waals surface area contributed by atoms with E-state index in [2.05, 4.69) is 5.32 Å². The second-order valence-electron chi connectivity index (χ2n) is 5.22. The second-order valence-corrected chi connectivity index (χ2v) is 5.22. The Morgan fingerprint density at radius 1 is 1.17 bits per heavy atom. The van der Waals surface area contributed by atoms with Crippen LogP contribution in [0.1, 0.15) is 22.8 Å². The van der Waals surface area contributed by atoms with E-state index in [0.29, 0.717) is 11.3 Å². The molecule has 1 amide bonds. The van der Waals surface area contributed by atoms with Crippen molar-refractivity contribution in [1.82, 2.24) is 0 Å². The summed E-state index contributed by atoms with van der Waals surface area (Å²) in [7, 11) is 0. The zero-order valence-electron chi connectivity index (χ0n) is 13.2. The van der Waals surface area contributed by atoms with Crippen LogP contribution in [0.15, 0.2) is 48.5 Å². The first-order valence-electron chi connectivity index (χ1n) is 7.20. The van der Waals surface area contributed by atoms with Gasteiger partial charge in [-0.25, -0.2) is 4.79 Å². The maximum atomic E-state index is 12.1. The molecule has 1 N–H and O–H groups in total. The van der Waals surface area contributed by atoms with Crippen molar-refractivity contribution in [1.29, 1.82) is 0 Å².